The summed E-state index contributed by atoms with van der Waals surface area (Å²) in [5, 5.41) is 6.24. The van der Waals surface area contributed by atoms with E-state index in [0.29, 0.717) is 23.7 Å². The van der Waals surface area contributed by atoms with E-state index in [1.54, 1.807) is 0 Å². The van der Waals surface area contributed by atoms with Crippen molar-refractivity contribution in [1.29, 1.82) is 0 Å². The minimum absolute atomic E-state index is 0.199. The molecule has 4 nitrogen and oxygen atoms in total. The number of hydrogen-bond acceptors (Lipinski definition) is 2. The number of rotatable bonds is 5. The zero-order valence-corrected chi connectivity index (χ0v) is 18.6. The van der Waals surface area contributed by atoms with Crippen LogP contribution in [0.15, 0.2) is 48.5 Å². The van der Waals surface area contributed by atoms with Crippen LogP contribution in [0.5, 0.6) is 0 Å². The first-order chi connectivity index (χ1) is 15.7. The Labute approximate surface area is 190 Å². The molecule has 0 aliphatic heterocycles. The van der Waals surface area contributed by atoms with Crippen LogP contribution < -0.4 is 10.6 Å². The van der Waals surface area contributed by atoms with Crippen LogP contribution in [0.25, 0.3) is 11.1 Å². The predicted molar refractivity (Wildman–Crippen MR) is 127 cm³/mol. The molecule has 6 rings (SSSR count). The summed E-state index contributed by atoms with van der Waals surface area (Å²) in [4.78, 5) is 25.2. The normalized spacial score (nSPS) is 32.2. The highest BCUT2D eigenvalue weighted by Gasteiger charge is 2.55. The second-order valence-corrected chi connectivity index (χ2v) is 10.4. The van der Waals surface area contributed by atoms with E-state index in [-0.39, 0.29) is 23.7 Å². The molecule has 4 saturated carbocycles. The van der Waals surface area contributed by atoms with E-state index in [2.05, 4.69) is 34.9 Å². The Balaban J connectivity index is 1.05. The van der Waals surface area contributed by atoms with Crippen molar-refractivity contribution in [2.75, 3.05) is 10.6 Å². The summed E-state index contributed by atoms with van der Waals surface area (Å²) in [5.41, 5.74) is 3.96. The van der Waals surface area contributed by atoms with Gasteiger partial charge < -0.3 is 10.6 Å². The molecule has 0 radical (unpaired) electrons. The Morgan fingerprint density at radius 3 is 1.16 bits per heavy atom. The third-order valence-corrected chi connectivity index (χ3v) is 8.56. The molecule has 0 aromatic heterocycles. The smallest absolute Gasteiger partial charge is 0.228 e. The Hall–Kier alpha value is -2.62. The summed E-state index contributed by atoms with van der Waals surface area (Å²) in [6.07, 6.45) is 10.0. The molecule has 4 atom stereocenters. The first kappa shape index (κ1) is 20.0. The second kappa shape index (κ2) is 8.06. The van der Waals surface area contributed by atoms with Crippen molar-refractivity contribution >= 4 is 23.2 Å². The molecule has 166 valence electrons. The zero-order chi connectivity index (χ0) is 21.7. The maximum atomic E-state index is 12.6. The molecule has 0 unspecified atom stereocenters. The maximum absolute atomic E-state index is 12.6. The number of amides is 2. The van der Waals surface area contributed by atoms with Crippen molar-refractivity contribution in [3.8, 4) is 11.1 Å². The molecule has 4 aliphatic rings. The fraction of sp³-hybridized carbons (Fsp3) is 0.500. The van der Waals surface area contributed by atoms with Gasteiger partial charge in [-0.3, -0.25) is 9.59 Å². The van der Waals surface area contributed by atoms with Crippen LogP contribution in [0.3, 0.4) is 0 Å². The average molecular weight is 429 g/mol. The minimum atomic E-state index is 0.199. The van der Waals surface area contributed by atoms with Crippen LogP contribution >= 0.6 is 0 Å². The maximum Gasteiger partial charge on any atom is 0.228 e. The zero-order valence-electron chi connectivity index (χ0n) is 18.6. The van der Waals surface area contributed by atoms with Gasteiger partial charge in [0, 0.05) is 23.2 Å². The van der Waals surface area contributed by atoms with Gasteiger partial charge in [0.25, 0.3) is 0 Å². The number of nitrogens with one attached hydrogen (secondary N) is 2. The standard InChI is InChI=1S/C28H32N2O2/c31-27(25-21-5-1-2-6-22(21)25)29-19-13-9-17(10-14-19)18-11-15-20(16-12-18)30-28(32)26-23-7-3-4-8-24(23)26/h9-16,21-26H,1-8H2,(H,29,31)(H,30,32)/t21-,22-,23-,24-/m1/s1. The Bertz CT molecular complexity index is 905. The lowest BCUT2D eigenvalue weighted by Crippen LogP contribution is -2.15. The van der Waals surface area contributed by atoms with Gasteiger partial charge in [-0.05, 0) is 84.7 Å². The molecule has 0 bridgehead atoms. The van der Waals surface area contributed by atoms with Crippen LogP contribution in [0.4, 0.5) is 11.4 Å². The van der Waals surface area contributed by atoms with E-state index < -0.39 is 0 Å². The van der Waals surface area contributed by atoms with Gasteiger partial charge in [0.2, 0.25) is 11.8 Å². The van der Waals surface area contributed by atoms with Crippen LogP contribution in [0, 0.1) is 35.5 Å². The lowest BCUT2D eigenvalue weighted by molar-refractivity contribution is -0.118. The van der Waals surface area contributed by atoms with E-state index >= 15 is 0 Å². The molecule has 2 aromatic rings. The summed E-state index contributed by atoms with van der Waals surface area (Å²) in [6.45, 7) is 0. The van der Waals surface area contributed by atoms with Gasteiger partial charge in [-0.1, -0.05) is 49.9 Å². The number of hydrogen-bond donors (Lipinski definition) is 2. The van der Waals surface area contributed by atoms with Gasteiger partial charge in [0.05, 0.1) is 0 Å². The molecular weight excluding hydrogens is 396 g/mol. The van der Waals surface area contributed by atoms with Gasteiger partial charge in [0.15, 0.2) is 0 Å². The van der Waals surface area contributed by atoms with Gasteiger partial charge in [0.1, 0.15) is 0 Å². The largest absolute Gasteiger partial charge is 0.326 e. The van der Waals surface area contributed by atoms with Crippen LogP contribution in [-0.4, -0.2) is 11.8 Å². The number of anilines is 2. The van der Waals surface area contributed by atoms with Crippen molar-refractivity contribution < 1.29 is 9.59 Å². The second-order valence-electron chi connectivity index (χ2n) is 10.4. The molecule has 2 aromatic carbocycles. The highest BCUT2D eigenvalue weighted by atomic mass is 16.2. The molecule has 4 fully saturated rings. The van der Waals surface area contributed by atoms with Gasteiger partial charge in [-0.15, -0.1) is 0 Å². The summed E-state index contributed by atoms with van der Waals surface area (Å²) >= 11 is 0. The summed E-state index contributed by atoms with van der Waals surface area (Å²) in [5.74, 6) is 3.39. The lowest BCUT2D eigenvalue weighted by Gasteiger charge is -2.09. The topological polar surface area (TPSA) is 58.2 Å². The average Bonchev–Trinajstić information content (AvgIpc) is 3.72. The summed E-state index contributed by atoms with van der Waals surface area (Å²) in [7, 11) is 0. The summed E-state index contributed by atoms with van der Waals surface area (Å²) < 4.78 is 0. The van der Waals surface area contributed by atoms with E-state index in [1.165, 1.54) is 51.4 Å². The fourth-order valence-corrected chi connectivity index (χ4v) is 6.71. The van der Waals surface area contributed by atoms with Crippen molar-refractivity contribution in [1.82, 2.24) is 0 Å². The van der Waals surface area contributed by atoms with Crippen LogP contribution in [0.1, 0.15) is 51.4 Å². The Morgan fingerprint density at radius 2 is 0.844 bits per heavy atom. The SMILES string of the molecule is O=C(Nc1ccc(-c2ccc(NC(=O)C3[C@@H]4CCCC[C@@H]34)cc2)cc1)C1[C@@H]2CCCC[C@@H]12. The number of carbonyl (C=O) groups is 2. The van der Waals surface area contributed by atoms with E-state index in [0.717, 1.165) is 22.5 Å². The highest BCUT2D eigenvalue weighted by molar-refractivity contribution is 5.96. The lowest BCUT2D eigenvalue weighted by atomic mass is 10.0. The van der Waals surface area contributed by atoms with Crippen molar-refractivity contribution in [3.63, 3.8) is 0 Å². The van der Waals surface area contributed by atoms with Gasteiger partial charge in [-0.25, -0.2) is 0 Å². The van der Waals surface area contributed by atoms with E-state index in [4.69, 9.17) is 0 Å². The van der Waals surface area contributed by atoms with E-state index in [9.17, 15) is 9.59 Å². The fourth-order valence-electron chi connectivity index (χ4n) is 6.71. The van der Waals surface area contributed by atoms with E-state index in [1.807, 2.05) is 24.3 Å². The minimum Gasteiger partial charge on any atom is -0.326 e. The molecule has 2 amide bonds. The first-order valence-corrected chi connectivity index (χ1v) is 12.5. The summed E-state index contributed by atoms with van der Waals surface area (Å²) in [6, 6.07) is 16.2. The molecule has 0 heterocycles. The Kier molecular flexibility index (Phi) is 5.04. The molecule has 32 heavy (non-hydrogen) atoms. The highest BCUT2D eigenvalue weighted by Crippen LogP contribution is 2.56. The number of carbonyl (C=O) groups excluding carboxylic acids is 2. The third-order valence-electron chi connectivity index (χ3n) is 8.56. The Morgan fingerprint density at radius 1 is 0.531 bits per heavy atom. The molecule has 0 spiro atoms. The quantitative estimate of drug-likeness (QED) is 0.604. The number of benzene rings is 2. The van der Waals surface area contributed by atoms with Crippen molar-refractivity contribution in [2.45, 2.75) is 51.4 Å². The van der Waals surface area contributed by atoms with Gasteiger partial charge in [-0.2, -0.15) is 0 Å². The predicted octanol–water partition coefficient (Wildman–Crippen LogP) is 6.10. The molecule has 4 heteroatoms. The molecule has 2 N–H and O–H groups in total. The van der Waals surface area contributed by atoms with Crippen molar-refractivity contribution in [3.05, 3.63) is 48.5 Å². The first-order valence-electron chi connectivity index (χ1n) is 12.5. The van der Waals surface area contributed by atoms with Crippen LogP contribution in [0.2, 0.25) is 0 Å². The number of fused-ring (bicyclic) bond motifs is 2. The third kappa shape index (κ3) is 3.74. The monoisotopic (exact) mass is 428 g/mol. The molecule has 4 aliphatic carbocycles. The molecule has 0 saturated heterocycles. The van der Waals surface area contributed by atoms with Crippen molar-refractivity contribution in [2.24, 2.45) is 35.5 Å². The van der Waals surface area contributed by atoms with Gasteiger partial charge >= 0.3 is 0 Å². The molecular formula is C28H32N2O2. The van der Waals surface area contributed by atoms with Crippen LogP contribution in [-0.2, 0) is 9.59 Å².